The topological polar surface area (TPSA) is 96.4 Å². The molecule has 2 aliphatic rings. The van der Waals surface area contributed by atoms with Crippen LogP contribution in [0.3, 0.4) is 0 Å². The fourth-order valence-corrected chi connectivity index (χ4v) is 5.22. The maximum atomic E-state index is 13.1. The number of pyridine rings is 1. The Morgan fingerprint density at radius 3 is 2.60 bits per heavy atom. The number of nitrogens with zero attached hydrogens (tertiary/aromatic N) is 5. The molecule has 0 bridgehead atoms. The predicted molar refractivity (Wildman–Crippen MR) is 113 cm³/mol. The van der Waals surface area contributed by atoms with Crippen molar-refractivity contribution in [1.29, 1.82) is 0 Å². The van der Waals surface area contributed by atoms with E-state index in [9.17, 15) is 13.2 Å². The largest absolute Gasteiger partial charge is 0.342 e. The summed E-state index contributed by atoms with van der Waals surface area (Å²) < 4.78 is 24.9. The van der Waals surface area contributed by atoms with Crippen molar-refractivity contribution in [2.24, 2.45) is 5.92 Å². The van der Waals surface area contributed by atoms with Crippen molar-refractivity contribution in [1.82, 2.24) is 24.2 Å². The van der Waals surface area contributed by atoms with E-state index in [1.165, 1.54) is 10.6 Å². The minimum absolute atomic E-state index is 0.0990. The number of carbonyl (C=O) groups is 1. The molecule has 160 valence electrons. The van der Waals surface area contributed by atoms with E-state index in [2.05, 4.69) is 9.97 Å². The second-order valence-corrected chi connectivity index (χ2v) is 10.1. The number of piperidine rings is 2. The summed E-state index contributed by atoms with van der Waals surface area (Å²) in [6, 6.07) is 5.73. The van der Waals surface area contributed by atoms with Gasteiger partial charge < -0.3 is 4.90 Å². The van der Waals surface area contributed by atoms with Gasteiger partial charge in [-0.05, 0) is 43.9 Å². The number of rotatable bonds is 4. The highest BCUT2D eigenvalue weighted by Gasteiger charge is 2.34. The number of hydrogen-bond acceptors (Lipinski definition) is 6. The smallest absolute Gasteiger partial charge is 0.225 e. The molecule has 0 radical (unpaired) electrons. The Morgan fingerprint density at radius 1 is 1.10 bits per heavy atom. The van der Waals surface area contributed by atoms with E-state index in [0.717, 1.165) is 30.6 Å². The summed E-state index contributed by atoms with van der Waals surface area (Å²) in [5, 5.41) is 0. The van der Waals surface area contributed by atoms with Gasteiger partial charge in [-0.2, -0.15) is 0 Å². The van der Waals surface area contributed by atoms with Crippen molar-refractivity contribution in [3.63, 3.8) is 0 Å². The average Bonchev–Trinajstić information content (AvgIpc) is 2.79. The molecule has 0 saturated carbocycles. The summed E-state index contributed by atoms with van der Waals surface area (Å²) in [5.41, 5.74) is 1.83. The summed E-state index contributed by atoms with van der Waals surface area (Å²) in [5.74, 6) is 0.877. The summed E-state index contributed by atoms with van der Waals surface area (Å²) in [4.78, 5) is 28.3. The van der Waals surface area contributed by atoms with E-state index in [1.54, 1.807) is 18.6 Å². The van der Waals surface area contributed by atoms with Gasteiger partial charge >= 0.3 is 0 Å². The van der Waals surface area contributed by atoms with Gasteiger partial charge in [0.05, 0.1) is 6.26 Å². The molecule has 2 saturated heterocycles. The van der Waals surface area contributed by atoms with E-state index in [4.69, 9.17) is 4.98 Å². The molecule has 0 aromatic carbocycles. The Labute approximate surface area is 177 Å². The number of amides is 1. The zero-order valence-corrected chi connectivity index (χ0v) is 18.0. The van der Waals surface area contributed by atoms with Crippen molar-refractivity contribution in [3.8, 4) is 11.4 Å². The van der Waals surface area contributed by atoms with Gasteiger partial charge in [0, 0.05) is 67.9 Å². The fraction of sp³-hybridized carbons (Fsp3) is 0.524. The monoisotopic (exact) mass is 429 g/mol. The lowest BCUT2D eigenvalue weighted by Gasteiger charge is -2.37. The molecule has 4 heterocycles. The first-order valence-corrected chi connectivity index (χ1v) is 12.2. The fourth-order valence-electron chi connectivity index (χ4n) is 4.35. The van der Waals surface area contributed by atoms with Crippen LogP contribution in [0.1, 0.15) is 37.3 Å². The quantitative estimate of drug-likeness (QED) is 0.737. The second-order valence-electron chi connectivity index (χ2n) is 8.11. The van der Waals surface area contributed by atoms with Gasteiger partial charge in [0.1, 0.15) is 0 Å². The van der Waals surface area contributed by atoms with Crippen LogP contribution in [-0.4, -0.2) is 70.9 Å². The number of aromatic nitrogens is 3. The standard InChI is InChI=1S/C21H27N5O3S/c1-30(28,29)26-12-7-16(8-13-26)21(27)25-11-3-5-18(15-25)19-6-10-23-20(24-19)17-4-2-9-22-14-17/h2,4,6,9-10,14,16,18H,3,5,7-8,11-13,15H2,1H3/t18-/m0/s1. The molecule has 0 spiro atoms. The lowest BCUT2D eigenvalue weighted by molar-refractivity contribution is -0.138. The van der Waals surface area contributed by atoms with Crippen molar-refractivity contribution < 1.29 is 13.2 Å². The van der Waals surface area contributed by atoms with E-state index >= 15 is 0 Å². The molecule has 2 aromatic rings. The third-order valence-electron chi connectivity index (χ3n) is 6.02. The van der Waals surface area contributed by atoms with Gasteiger partial charge in [-0.25, -0.2) is 22.7 Å². The molecule has 2 aliphatic heterocycles. The normalized spacial score (nSPS) is 21.5. The number of hydrogen-bond donors (Lipinski definition) is 0. The Hall–Kier alpha value is -2.39. The third-order valence-corrected chi connectivity index (χ3v) is 7.32. The van der Waals surface area contributed by atoms with Crippen LogP contribution in [0.25, 0.3) is 11.4 Å². The Bertz CT molecular complexity index is 991. The summed E-state index contributed by atoms with van der Waals surface area (Å²) in [6.45, 7) is 2.25. The van der Waals surface area contributed by atoms with Crippen LogP contribution >= 0.6 is 0 Å². The van der Waals surface area contributed by atoms with Gasteiger partial charge in [-0.15, -0.1) is 0 Å². The first kappa shape index (κ1) is 20.9. The summed E-state index contributed by atoms with van der Waals surface area (Å²) >= 11 is 0. The number of likely N-dealkylation sites (tertiary alicyclic amines) is 1. The van der Waals surface area contributed by atoms with Gasteiger partial charge in [-0.1, -0.05) is 0 Å². The van der Waals surface area contributed by atoms with E-state index in [-0.39, 0.29) is 17.7 Å². The average molecular weight is 430 g/mol. The molecule has 1 amide bonds. The van der Waals surface area contributed by atoms with Crippen molar-refractivity contribution in [2.45, 2.75) is 31.6 Å². The van der Waals surface area contributed by atoms with Crippen LogP contribution in [-0.2, 0) is 14.8 Å². The van der Waals surface area contributed by atoms with Gasteiger partial charge in [0.15, 0.2) is 5.82 Å². The van der Waals surface area contributed by atoms with Gasteiger partial charge in [-0.3, -0.25) is 9.78 Å². The Morgan fingerprint density at radius 2 is 1.90 bits per heavy atom. The highest BCUT2D eigenvalue weighted by molar-refractivity contribution is 7.88. The first-order chi connectivity index (χ1) is 14.4. The number of carbonyl (C=O) groups excluding carboxylic acids is 1. The molecule has 8 nitrogen and oxygen atoms in total. The molecule has 0 unspecified atom stereocenters. The maximum absolute atomic E-state index is 13.1. The molecular formula is C21H27N5O3S. The van der Waals surface area contributed by atoms with Gasteiger partial charge in [0.25, 0.3) is 0 Å². The first-order valence-electron chi connectivity index (χ1n) is 10.4. The van der Waals surface area contributed by atoms with Gasteiger partial charge in [0.2, 0.25) is 15.9 Å². The zero-order chi connectivity index (χ0) is 21.1. The SMILES string of the molecule is CS(=O)(=O)N1CCC(C(=O)N2CCC[C@H](c3ccnc(-c4cccnc4)n3)C2)CC1. The minimum atomic E-state index is -3.18. The lowest BCUT2D eigenvalue weighted by atomic mass is 9.91. The van der Waals surface area contributed by atoms with Crippen molar-refractivity contribution >= 4 is 15.9 Å². The lowest BCUT2D eigenvalue weighted by Crippen LogP contribution is -2.46. The molecule has 0 N–H and O–H groups in total. The van der Waals surface area contributed by atoms with Crippen LogP contribution in [0.2, 0.25) is 0 Å². The molecule has 9 heteroatoms. The minimum Gasteiger partial charge on any atom is -0.342 e. The summed E-state index contributed by atoms with van der Waals surface area (Å²) in [6.07, 6.45) is 9.57. The maximum Gasteiger partial charge on any atom is 0.225 e. The Balaban J connectivity index is 1.42. The molecular weight excluding hydrogens is 402 g/mol. The molecule has 30 heavy (non-hydrogen) atoms. The molecule has 2 fully saturated rings. The van der Waals surface area contributed by atoms with Crippen LogP contribution < -0.4 is 0 Å². The number of sulfonamides is 1. The highest BCUT2D eigenvalue weighted by Crippen LogP contribution is 2.29. The van der Waals surface area contributed by atoms with Crippen LogP contribution in [0.4, 0.5) is 0 Å². The third kappa shape index (κ3) is 4.67. The van der Waals surface area contributed by atoms with Crippen molar-refractivity contribution in [2.75, 3.05) is 32.4 Å². The van der Waals surface area contributed by atoms with Crippen LogP contribution in [0.5, 0.6) is 0 Å². The van der Waals surface area contributed by atoms with Crippen LogP contribution in [0.15, 0.2) is 36.8 Å². The van der Waals surface area contributed by atoms with Crippen molar-refractivity contribution in [3.05, 3.63) is 42.5 Å². The van der Waals surface area contributed by atoms with E-state index in [1.807, 2.05) is 23.1 Å². The molecule has 0 aliphatic carbocycles. The highest BCUT2D eigenvalue weighted by atomic mass is 32.2. The molecule has 4 rings (SSSR count). The summed E-state index contributed by atoms with van der Waals surface area (Å²) in [7, 11) is -3.18. The predicted octanol–water partition coefficient (Wildman–Crippen LogP) is 1.92. The zero-order valence-electron chi connectivity index (χ0n) is 17.1. The van der Waals surface area contributed by atoms with Crippen LogP contribution in [0, 0.1) is 5.92 Å². The van der Waals surface area contributed by atoms with E-state index < -0.39 is 10.0 Å². The second kappa shape index (κ2) is 8.77. The Kier molecular flexibility index (Phi) is 6.10. The molecule has 2 aromatic heterocycles. The molecule has 1 atom stereocenters. The van der Waals surface area contributed by atoms with E-state index in [0.29, 0.717) is 38.3 Å².